The second-order valence-corrected chi connectivity index (χ2v) is 8.96. The van der Waals surface area contributed by atoms with Crippen LogP contribution in [0.3, 0.4) is 0 Å². The Hall–Kier alpha value is -2.64. The Kier molecular flexibility index (Phi) is 6.50. The maximum Gasteiger partial charge on any atom is 0.267 e. The van der Waals surface area contributed by atoms with Gasteiger partial charge in [0.25, 0.3) is 11.8 Å². The lowest BCUT2D eigenvalue weighted by atomic mass is 10.1. The number of benzene rings is 2. The van der Waals surface area contributed by atoms with Crippen molar-refractivity contribution in [2.45, 2.75) is 19.3 Å². The molecule has 0 aliphatic carbocycles. The van der Waals surface area contributed by atoms with E-state index in [2.05, 4.69) is 5.32 Å². The summed E-state index contributed by atoms with van der Waals surface area (Å²) in [5, 5.41) is 3.23. The third-order valence-electron chi connectivity index (χ3n) is 5.19. The fourth-order valence-corrected chi connectivity index (χ4v) is 4.77. The third-order valence-corrected chi connectivity index (χ3v) is 6.57. The molecule has 7 heteroatoms. The highest BCUT2D eigenvalue weighted by Crippen LogP contribution is 2.32. The van der Waals surface area contributed by atoms with Gasteiger partial charge in [-0.3, -0.25) is 14.5 Å². The van der Waals surface area contributed by atoms with E-state index >= 15 is 0 Å². The van der Waals surface area contributed by atoms with E-state index in [9.17, 15) is 9.59 Å². The number of likely N-dealkylation sites (tertiary alicyclic amines) is 1. The van der Waals surface area contributed by atoms with Gasteiger partial charge in [-0.05, 0) is 55.2 Å². The van der Waals surface area contributed by atoms with Crippen LogP contribution in [0.15, 0.2) is 59.5 Å². The van der Waals surface area contributed by atoms with Gasteiger partial charge in [-0.1, -0.05) is 54.3 Å². The van der Waals surface area contributed by atoms with Gasteiger partial charge in [-0.2, -0.15) is 0 Å². The molecule has 2 heterocycles. The Labute approximate surface area is 186 Å². The van der Waals surface area contributed by atoms with Crippen LogP contribution in [0.2, 0.25) is 0 Å². The van der Waals surface area contributed by atoms with Crippen LogP contribution in [0, 0.1) is 0 Å². The summed E-state index contributed by atoms with van der Waals surface area (Å²) in [5.41, 5.74) is 2.50. The van der Waals surface area contributed by atoms with Crippen molar-refractivity contribution in [3.63, 3.8) is 0 Å². The average Bonchev–Trinajstić information content (AvgIpc) is 3.05. The first kappa shape index (κ1) is 20.6. The summed E-state index contributed by atoms with van der Waals surface area (Å²) in [5.74, 6) is -0.0116. The van der Waals surface area contributed by atoms with Gasteiger partial charge in [-0.15, -0.1) is 0 Å². The summed E-state index contributed by atoms with van der Waals surface area (Å²) in [6, 6.07) is 17.1. The van der Waals surface area contributed by atoms with Crippen molar-refractivity contribution in [3.8, 4) is 0 Å². The SMILES string of the molecule is O=C(c1ccc(NCN2C(=O)C(=Cc3ccccc3)SC2=S)cc1)N1CCCCC1. The quantitative estimate of drug-likeness (QED) is 0.548. The smallest absolute Gasteiger partial charge is 0.267 e. The zero-order chi connectivity index (χ0) is 20.9. The number of amides is 2. The number of carbonyl (C=O) groups excluding carboxylic acids is 2. The molecule has 2 amide bonds. The van der Waals surface area contributed by atoms with Crippen LogP contribution in [0.4, 0.5) is 5.69 Å². The minimum Gasteiger partial charge on any atom is -0.367 e. The predicted octanol–water partition coefficient (Wildman–Crippen LogP) is 4.58. The Morgan fingerprint density at radius 2 is 1.73 bits per heavy atom. The number of carbonyl (C=O) groups is 2. The van der Waals surface area contributed by atoms with Crippen LogP contribution in [-0.2, 0) is 4.79 Å². The van der Waals surface area contributed by atoms with E-state index in [1.54, 1.807) is 4.90 Å². The molecule has 2 aliphatic rings. The number of anilines is 1. The van der Waals surface area contributed by atoms with Crippen molar-refractivity contribution in [2.75, 3.05) is 25.1 Å². The molecule has 4 rings (SSSR count). The average molecular weight is 438 g/mol. The summed E-state index contributed by atoms with van der Waals surface area (Å²) in [6.07, 6.45) is 5.21. The summed E-state index contributed by atoms with van der Waals surface area (Å²) >= 11 is 6.70. The lowest BCUT2D eigenvalue weighted by molar-refractivity contribution is -0.121. The molecular formula is C23H23N3O2S2. The number of thioether (sulfide) groups is 1. The molecule has 0 radical (unpaired) electrons. The van der Waals surface area contributed by atoms with E-state index < -0.39 is 0 Å². The highest BCUT2D eigenvalue weighted by molar-refractivity contribution is 8.26. The summed E-state index contributed by atoms with van der Waals surface area (Å²) < 4.78 is 0.534. The first-order valence-electron chi connectivity index (χ1n) is 10.1. The van der Waals surface area contributed by atoms with Crippen molar-refractivity contribution < 1.29 is 9.59 Å². The zero-order valence-electron chi connectivity index (χ0n) is 16.5. The molecule has 0 atom stereocenters. The van der Waals surface area contributed by atoms with E-state index in [4.69, 9.17) is 12.2 Å². The first-order valence-corrected chi connectivity index (χ1v) is 11.3. The van der Waals surface area contributed by atoms with Crippen molar-refractivity contribution in [1.82, 2.24) is 9.80 Å². The van der Waals surface area contributed by atoms with Gasteiger partial charge in [0.15, 0.2) is 0 Å². The fraction of sp³-hybridized carbons (Fsp3) is 0.261. The molecule has 0 saturated carbocycles. The number of thiocarbonyl (C=S) groups is 1. The summed E-state index contributed by atoms with van der Waals surface area (Å²) in [6.45, 7) is 1.96. The lowest BCUT2D eigenvalue weighted by Gasteiger charge is -2.26. The molecule has 2 aromatic rings. The van der Waals surface area contributed by atoms with Crippen molar-refractivity contribution in [2.24, 2.45) is 0 Å². The minimum absolute atomic E-state index is 0.0873. The molecular weight excluding hydrogens is 414 g/mol. The minimum atomic E-state index is -0.0988. The first-order chi connectivity index (χ1) is 14.6. The number of nitrogens with zero attached hydrogens (tertiary/aromatic N) is 2. The van der Waals surface area contributed by atoms with Crippen molar-refractivity contribution in [1.29, 1.82) is 0 Å². The van der Waals surface area contributed by atoms with Gasteiger partial charge in [0.2, 0.25) is 0 Å². The van der Waals surface area contributed by atoms with E-state index in [0.717, 1.165) is 37.2 Å². The maximum absolute atomic E-state index is 12.7. The highest BCUT2D eigenvalue weighted by Gasteiger charge is 2.31. The normalized spacial score (nSPS) is 18.2. The molecule has 0 bridgehead atoms. The van der Waals surface area contributed by atoms with Crippen LogP contribution < -0.4 is 5.32 Å². The molecule has 30 heavy (non-hydrogen) atoms. The highest BCUT2D eigenvalue weighted by atomic mass is 32.2. The van der Waals surface area contributed by atoms with Gasteiger partial charge in [0.1, 0.15) is 4.32 Å². The molecule has 154 valence electrons. The predicted molar refractivity (Wildman–Crippen MR) is 126 cm³/mol. The van der Waals surface area contributed by atoms with E-state index in [1.165, 1.54) is 18.2 Å². The maximum atomic E-state index is 12.7. The van der Waals surface area contributed by atoms with Crippen LogP contribution >= 0.6 is 24.0 Å². The number of rotatable bonds is 5. The van der Waals surface area contributed by atoms with Crippen LogP contribution in [0.5, 0.6) is 0 Å². The molecule has 2 fully saturated rings. The summed E-state index contributed by atoms with van der Waals surface area (Å²) in [4.78, 5) is 29.4. The fourth-order valence-electron chi connectivity index (χ4n) is 3.52. The zero-order valence-corrected chi connectivity index (χ0v) is 18.2. The van der Waals surface area contributed by atoms with Crippen LogP contribution in [0.25, 0.3) is 6.08 Å². The summed E-state index contributed by atoms with van der Waals surface area (Å²) in [7, 11) is 0. The van der Waals surface area contributed by atoms with Gasteiger partial charge >= 0.3 is 0 Å². The lowest BCUT2D eigenvalue weighted by Crippen LogP contribution is -2.35. The standard InChI is InChI=1S/C23H23N3O2S2/c27-21(25-13-5-2-6-14-25)18-9-11-19(12-10-18)24-16-26-22(28)20(30-23(26)29)15-17-7-3-1-4-8-17/h1,3-4,7-12,15,24H,2,5-6,13-14,16H2. The number of piperidine rings is 1. The van der Waals surface area contributed by atoms with E-state index in [-0.39, 0.29) is 18.5 Å². The third kappa shape index (κ3) is 4.74. The van der Waals surface area contributed by atoms with Crippen LogP contribution in [-0.4, -0.2) is 45.7 Å². The Balaban J connectivity index is 1.36. The van der Waals surface area contributed by atoms with Gasteiger partial charge in [-0.25, -0.2) is 0 Å². The van der Waals surface area contributed by atoms with Gasteiger partial charge < -0.3 is 10.2 Å². The molecule has 5 nitrogen and oxygen atoms in total. The van der Waals surface area contributed by atoms with Crippen molar-refractivity contribution in [3.05, 3.63) is 70.6 Å². The molecule has 2 saturated heterocycles. The number of hydrogen-bond acceptors (Lipinski definition) is 5. The second-order valence-electron chi connectivity index (χ2n) is 7.29. The molecule has 0 unspecified atom stereocenters. The molecule has 0 aromatic heterocycles. The van der Waals surface area contributed by atoms with Crippen LogP contribution in [0.1, 0.15) is 35.2 Å². The van der Waals surface area contributed by atoms with E-state index in [0.29, 0.717) is 14.8 Å². The molecule has 2 aliphatic heterocycles. The Morgan fingerprint density at radius 1 is 1.03 bits per heavy atom. The molecule has 0 spiro atoms. The van der Waals surface area contributed by atoms with E-state index in [1.807, 2.05) is 65.6 Å². The monoisotopic (exact) mass is 437 g/mol. The Bertz CT molecular complexity index is 968. The molecule has 2 aromatic carbocycles. The number of nitrogens with one attached hydrogen (secondary N) is 1. The molecule has 1 N–H and O–H groups in total. The topological polar surface area (TPSA) is 52.7 Å². The van der Waals surface area contributed by atoms with Gasteiger partial charge in [0.05, 0.1) is 11.6 Å². The van der Waals surface area contributed by atoms with Gasteiger partial charge in [0, 0.05) is 24.3 Å². The number of hydrogen-bond donors (Lipinski definition) is 1. The Morgan fingerprint density at radius 3 is 2.43 bits per heavy atom. The second kappa shape index (κ2) is 9.45. The van der Waals surface area contributed by atoms with Crippen molar-refractivity contribution >= 4 is 51.9 Å². The largest absolute Gasteiger partial charge is 0.367 e.